The van der Waals surface area contributed by atoms with Crippen LogP contribution in [0.3, 0.4) is 0 Å². The van der Waals surface area contributed by atoms with Crippen LogP contribution in [0.2, 0.25) is 0 Å². The van der Waals surface area contributed by atoms with Crippen LogP contribution < -0.4 is 17.2 Å². The maximum absolute atomic E-state index is 6.26. The van der Waals surface area contributed by atoms with Crippen molar-refractivity contribution in [3.8, 4) is 0 Å². The first-order valence-corrected chi connectivity index (χ1v) is 11.0. The molecule has 3 heterocycles. The molecule has 4 aromatic rings. The number of benzene rings is 1. The Morgan fingerprint density at radius 2 is 1.86 bits per heavy atom. The number of hydrogen-bond acceptors (Lipinski definition) is 6. The Kier molecular flexibility index (Phi) is 5.80. The lowest BCUT2D eigenvalue weighted by atomic mass is 10.0. The Labute approximate surface area is 174 Å². The molecule has 0 bridgehead atoms. The summed E-state index contributed by atoms with van der Waals surface area (Å²) < 4.78 is 3.47. The minimum Gasteiger partial charge on any atom is -0.382 e. The minimum absolute atomic E-state index is 0.00155. The molecule has 7 heteroatoms. The molecule has 0 saturated heterocycles. The van der Waals surface area contributed by atoms with E-state index in [0.29, 0.717) is 12.4 Å². The van der Waals surface area contributed by atoms with E-state index in [-0.39, 0.29) is 6.04 Å². The number of thiophene rings is 1. The van der Waals surface area contributed by atoms with Crippen molar-refractivity contribution in [3.05, 3.63) is 52.7 Å². The normalized spacial score (nSPS) is 12.8. The van der Waals surface area contributed by atoms with Crippen LogP contribution >= 0.6 is 11.3 Å². The van der Waals surface area contributed by atoms with E-state index in [4.69, 9.17) is 22.2 Å². The molecular weight excluding hydrogens is 380 g/mol. The number of nitrogens with two attached hydrogens (primary N) is 3. The number of hydrogen-bond donors (Lipinski definition) is 3. The smallest absolute Gasteiger partial charge is 0.152 e. The summed E-state index contributed by atoms with van der Waals surface area (Å²) in [5, 5.41) is 2.06. The van der Waals surface area contributed by atoms with E-state index >= 15 is 0 Å². The number of rotatable bonds is 8. The third kappa shape index (κ3) is 3.99. The van der Waals surface area contributed by atoms with E-state index < -0.39 is 0 Å². The average molecular weight is 409 g/mol. The topological polar surface area (TPSA) is 109 Å². The second-order valence-electron chi connectivity index (χ2n) is 7.56. The Balaban J connectivity index is 1.75. The van der Waals surface area contributed by atoms with E-state index in [1.54, 1.807) is 11.3 Å². The molecule has 6 N–H and O–H groups in total. The fourth-order valence-electron chi connectivity index (χ4n) is 3.70. The zero-order valence-electron chi connectivity index (χ0n) is 16.8. The van der Waals surface area contributed by atoms with Crippen molar-refractivity contribution in [2.45, 2.75) is 45.2 Å². The number of imidazole rings is 1. The molecule has 0 aliphatic carbocycles. The van der Waals surface area contributed by atoms with Crippen LogP contribution in [0, 0.1) is 0 Å². The average Bonchev–Trinajstić information content (AvgIpc) is 3.32. The van der Waals surface area contributed by atoms with Gasteiger partial charge in [-0.15, -0.1) is 11.3 Å². The van der Waals surface area contributed by atoms with Crippen molar-refractivity contribution in [2.75, 3.05) is 12.3 Å². The molecule has 3 aromatic heterocycles. The van der Waals surface area contributed by atoms with E-state index in [1.807, 2.05) is 6.07 Å². The zero-order valence-corrected chi connectivity index (χ0v) is 17.6. The Morgan fingerprint density at radius 1 is 1.10 bits per heavy atom. The number of fused-ring (bicyclic) bond motifs is 3. The predicted octanol–water partition coefficient (Wildman–Crippen LogP) is 3.45. The number of anilines is 1. The molecule has 29 heavy (non-hydrogen) atoms. The quantitative estimate of drug-likeness (QED) is 0.414. The van der Waals surface area contributed by atoms with Gasteiger partial charge in [-0.25, -0.2) is 9.97 Å². The van der Waals surface area contributed by atoms with Crippen LogP contribution in [0.25, 0.3) is 21.3 Å². The van der Waals surface area contributed by atoms with Gasteiger partial charge in [0.2, 0.25) is 0 Å². The third-order valence-corrected chi connectivity index (χ3v) is 6.22. The maximum Gasteiger partial charge on any atom is 0.152 e. The number of pyridine rings is 1. The monoisotopic (exact) mass is 408 g/mol. The van der Waals surface area contributed by atoms with Crippen molar-refractivity contribution in [1.82, 2.24) is 14.5 Å². The minimum atomic E-state index is 0.00155. The van der Waals surface area contributed by atoms with Crippen LogP contribution in [-0.4, -0.2) is 27.1 Å². The molecule has 1 atom stereocenters. The summed E-state index contributed by atoms with van der Waals surface area (Å²) in [6, 6.07) is 10.7. The fourth-order valence-corrected chi connectivity index (χ4v) is 4.59. The molecule has 1 unspecified atom stereocenters. The van der Waals surface area contributed by atoms with Crippen molar-refractivity contribution in [2.24, 2.45) is 11.5 Å². The van der Waals surface area contributed by atoms with Crippen LogP contribution in [0.1, 0.15) is 36.7 Å². The van der Waals surface area contributed by atoms with Crippen LogP contribution in [0.4, 0.5) is 5.82 Å². The molecule has 0 aliphatic heterocycles. The molecule has 0 fully saturated rings. The molecule has 0 amide bonds. The van der Waals surface area contributed by atoms with Gasteiger partial charge in [0.15, 0.2) is 5.82 Å². The molecule has 1 aromatic carbocycles. The summed E-state index contributed by atoms with van der Waals surface area (Å²) in [5.41, 5.74) is 23.2. The second-order valence-corrected chi connectivity index (χ2v) is 8.48. The lowest BCUT2D eigenvalue weighted by Crippen LogP contribution is -2.31. The van der Waals surface area contributed by atoms with Gasteiger partial charge in [-0.2, -0.15) is 0 Å². The van der Waals surface area contributed by atoms with Gasteiger partial charge < -0.3 is 21.8 Å². The molecule has 0 saturated carbocycles. The van der Waals surface area contributed by atoms with Crippen molar-refractivity contribution in [1.29, 1.82) is 0 Å². The van der Waals surface area contributed by atoms with Gasteiger partial charge in [-0.3, -0.25) is 0 Å². The van der Waals surface area contributed by atoms with Crippen LogP contribution in [0.15, 0.2) is 35.7 Å². The SMILES string of the molecule is CCCCc1nc2c(N)nc3ccsc3c2n1Cc1ccc(CC(N)CN)cc1. The van der Waals surface area contributed by atoms with Gasteiger partial charge in [0.1, 0.15) is 11.3 Å². The van der Waals surface area contributed by atoms with Gasteiger partial charge in [0.25, 0.3) is 0 Å². The standard InChI is InChI=1S/C22H28N6S/c1-2-3-4-18-27-19-20(21-17(9-10-29-21)26-22(19)25)28(18)13-15-7-5-14(6-8-15)11-16(24)12-23/h5-10,16H,2-4,11-13,23-24H2,1H3,(H2,25,26). The van der Waals surface area contributed by atoms with E-state index in [9.17, 15) is 0 Å². The zero-order chi connectivity index (χ0) is 20.4. The van der Waals surface area contributed by atoms with Crippen LogP contribution in [0.5, 0.6) is 0 Å². The van der Waals surface area contributed by atoms with Gasteiger partial charge in [-0.1, -0.05) is 37.6 Å². The highest BCUT2D eigenvalue weighted by molar-refractivity contribution is 7.18. The third-order valence-electron chi connectivity index (χ3n) is 5.31. The number of aryl methyl sites for hydroxylation is 1. The summed E-state index contributed by atoms with van der Waals surface area (Å²) in [6.07, 6.45) is 3.95. The first-order chi connectivity index (χ1) is 14.1. The summed E-state index contributed by atoms with van der Waals surface area (Å²) in [6.45, 7) is 3.45. The summed E-state index contributed by atoms with van der Waals surface area (Å²) in [7, 11) is 0. The highest BCUT2D eigenvalue weighted by Crippen LogP contribution is 2.33. The molecule has 152 valence electrons. The first-order valence-electron chi connectivity index (χ1n) is 10.2. The van der Waals surface area contributed by atoms with Crippen LogP contribution in [-0.2, 0) is 19.4 Å². The molecule has 4 rings (SSSR count). The fraction of sp³-hybridized carbons (Fsp3) is 0.364. The van der Waals surface area contributed by atoms with Gasteiger partial charge in [0, 0.05) is 25.6 Å². The highest BCUT2D eigenvalue weighted by atomic mass is 32.1. The van der Waals surface area contributed by atoms with Gasteiger partial charge in [-0.05, 0) is 35.4 Å². The van der Waals surface area contributed by atoms with Crippen molar-refractivity contribution < 1.29 is 0 Å². The summed E-state index contributed by atoms with van der Waals surface area (Å²) in [5.74, 6) is 1.58. The maximum atomic E-state index is 6.26. The van der Waals surface area contributed by atoms with E-state index in [1.165, 1.54) is 11.1 Å². The Hall–Kier alpha value is -2.48. The Morgan fingerprint density at radius 3 is 2.59 bits per heavy atom. The number of nitrogens with zero attached hydrogens (tertiary/aromatic N) is 3. The largest absolute Gasteiger partial charge is 0.382 e. The van der Waals surface area contributed by atoms with E-state index in [2.05, 4.69) is 46.1 Å². The number of nitrogen functional groups attached to an aromatic ring is 1. The summed E-state index contributed by atoms with van der Waals surface area (Å²) in [4.78, 5) is 9.44. The van der Waals surface area contributed by atoms with E-state index in [0.717, 1.165) is 59.3 Å². The molecule has 6 nitrogen and oxygen atoms in total. The van der Waals surface area contributed by atoms with Gasteiger partial charge in [0.05, 0.1) is 15.7 Å². The number of unbranched alkanes of at least 4 members (excludes halogenated alkanes) is 1. The Bertz CT molecular complexity index is 1110. The number of aromatic nitrogens is 3. The lowest BCUT2D eigenvalue weighted by molar-refractivity contribution is 0.677. The van der Waals surface area contributed by atoms with Crippen molar-refractivity contribution in [3.63, 3.8) is 0 Å². The predicted molar refractivity (Wildman–Crippen MR) is 122 cm³/mol. The summed E-state index contributed by atoms with van der Waals surface area (Å²) >= 11 is 1.69. The highest BCUT2D eigenvalue weighted by Gasteiger charge is 2.18. The van der Waals surface area contributed by atoms with Gasteiger partial charge >= 0.3 is 0 Å². The van der Waals surface area contributed by atoms with Crippen molar-refractivity contribution >= 4 is 38.4 Å². The molecule has 0 spiro atoms. The molecule has 0 radical (unpaired) electrons. The lowest BCUT2D eigenvalue weighted by Gasteiger charge is -2.12. The molecular formula is C22H28N6S. The second kappa shape index (κ2) is 8.49. The molecule has 0 aliphatic rings. The first kappa shape index (κ1) is 19.8.